The lowest BCUT2D eigenvalue weighted by Gasteiger charge is -2.37. The Morgan fingerprint density at radius 2 is 1.92 bits per heavy atom. The van der Waals surface area contributed by atoms with Crippen LogP contribution in [0.4, 0.5) is 8.78 Å². The average molecular weight is 520 g/mol. The third kappa shape index (κ3) is 5.70. The molecule has 3 rings (SSSR count). The van der Waals surface area contributed by atoms with Crippen LogP contribution in [0.2, 0.25) is 5.02 Å². The summed E-state index contributed by atoms with van der Waals surface area (Å²) in [5, 5.41) is 35.3. The lowest BCUT2D eigenvalue weighted by molar-refractivity contribution is -0.123. The van der Waals surface area contributed by atoms with E-state index < -0.39 is 53.7 Å². The zero-order valence-corrected chi connectivity index (χ0v) is 21.3. The summed E-state index contributed by atoms with van der Waals surface area (Å²) in [7, 11) is 0. The molecule has 2 aromatic rings. The molecular formula is C27H32ClF2N3O3. The van der Waals surface area contributed by atoms with Gasteiger partial charge in [-0.1, -0.05) is 56.6 Å². The molecule has 0 spiro atoms. The summed E-state index contributed by atoms with van der Waals surface area (Å²) in [5.41, 5.74) is -1.14. The smallest absolute Gasteiger partial charge is 0.237 e. The number of benzene rings is 2. The van der Waals surface area contributed by atoms with Crippen LogP contribution >= 0.6 is 11.6 Å². The van der Waals surface area contributed by atoms with Crippen molar-refractivity contribution in [3.8, 4) is 6.07 Å². The van der Waals surface area contributed by atoms with Gasteiger partial charge >= 0.3 is 0 Å². The Kier molecular flexibility index (Phi) is 8.73. The van der Waals surface area contributed by atoms with Crippen LogP contribution in [0.15, 0.2) is 42.5 Å². The molecule has 36 heavy (non-hydrogen) atoms. The molecule has 0 bridgehead atoms. The van der Waals surface area contributed by atoms with Gasteiger partial charge in [-0.15, -0.1) is 0 Å². The Bertz CT molecular complexity index is 1120. The van der Waals surface area contributed by atoms with E-state index in [4.69, 9.17) is 16.7 Å². The number of carbonyl (C=O) groups excluding carboxylic acids is 1. The van der Waals surface area contributed by atoms with E-state index in [0.29, 0.717) is 12.0 Å². The van der Waals surface area contributed by atoms with E-state index in [9.17, 15) is 19.6 Å². The van der Waals surface area contributed by atoms with Crippen LogP contribution in [0.1, 0.15) is 50.7 Å². The van der Waals surface area contributed by atoms with Crippen molar-refractivity contribution < 1.29 is 23.8 Å². The van der Waals surface area contributed by atoms with Crippen molar-refractivity contribution in [3.05, 3.63) is 70.2 Å². The Hall–Kier alpha value is -2.57. The molecule has 0 radical (unpaired) electrons. The van der Waals surface area contributed by atoms with E-state index in [1.165, 1.54) is 36.4 Å². The average Bonchev–Trinajstić information content (AvgIpc) is 3.14. The highest BCUT2D eigenvalue weighted by Gasteiger charge is 2.60. The number of amides is 1. The van der Waals surface area contributed by atoms with Crippen molar-refractivity contribution >= 4 is 17.5 Å². The van der Waals surface area contributed by atoms with Gasteiger partial charge in [-0.2, -0.15) is 5.26 Å². The van der Waals surface area contributed by atoms with Crippen molar-refractivity contribution in [2.24, 2.45) is 5.41 Å². The van der Waals surface area contributed by atoms with Crippen molar-refractivity contribution in [1.29, 1.82) is 5.26 Å². The number of nitriles is 1. The number of rotatable bonds is 8. The lowest BCUT2D eigenvalue weighted by Crippen LogP contribution is -2.46. The van der Waals surface area contributed by atoms with Crippen molar-refractivity contribution in [2.75, 3.05) is 13.2 Å². The quantitative estimate of drug-likeness (QED) is 0.424. The number of halogens is 3. The normalized spacial score (nSPS) is 24.8. The molecule has 194 valence electrons. The fourth-order valence-electron chi connectivity index (χ4n) is 5.05. The largest absolute Gasteiger partial charge is 0.394 e. The number of nitrogens with one attached hydrogen (secondary N) is 2. The first kappa shape index (κ1) is 28.0. The Labute approximate surface area is 215 Å². The molecule has 5 atom stereocenters. The fourth-order valence-corrected chi connectivity index (χ4v) is 5.23. The number of carbonyl (C=O) groups is 1. The Balaban J connectivity index is 2.19. The molecule has 9 heteroatoms. The van der Waals surface area contributed by atoms with E-state index in [-0.39, 0.29) is 29.0 Å². The van der Waals surface area contributed by atoms with Crippen LogP contribution in [0, 0.1) is 28.4 Å². The number of aliphatic hydroxyl groups is 2. The van der Waals surface area contributed by atoms with Gasteiger partial charge < -0.3 is 20.8 Å². The lowest BCUT2D eigenvalue weighted by atomic mass is 9.63. The maximum Gasteiger partial charge on any atom is 0.237 e. The summed E-state index contributed by atoms with van der Waals surface area (Å²) < 4.78 is 29.4. The monoisotopic (exact) mass is 519 g/mol. The second-order valence-electron chi connectivity index (χ2n) is 10.5. The highest BCUT2D eigenvalue weighted by atomic mass is 35.5. The molecule has 1 heterocycles. The first-order valence-electron chi connectivity index (χ1n) is 11.9. The Morgan fingerprint density at radius 1 is 1.25 bits per heavy atom. The zero-order valence-electron chi connectivity index (χ0n) is 20.6. The van der Waals surface area contributed by atoms with Gasteiger partial charge in [0.25, 0.3) is 0 Å². The summed E-state index contributed by atoms with van der Waals surface area (Å²) in [6.45, 7) is 5.63. The first-order valence-corrected chi connectivity index (χ1v) is 12.3. The molecule has 2 aromatic carbocycles. The van der Waals surface area contributed by atoms with Crippen LogP contribution in [0.25, 0.3) is 0 Å². The van der Waals surface area contributed by atoms with Gasteiger partial charge in [0.05, 0.1) is 29.8 Å². The van der Waals surface area contributed by atoms with Crippen LogP contribution < -0.4 is 10.6 Å². The van der Waals surface area contributed by atoms with Gasteiger partial charge in [-0.25, -0.2) is 8.78 Å². The highest BCUT2D eigenvalue weighted by Crippen LogP contribution is 2.52. The SMILES string of the molecule is CC(C)(C)C[C@@H]1N[C@@H](C(=O)NCC[C@H](O)CO)[C@H](c2cccc(Cl)c2F)[C@@]1(C#N)c1ccc(F)cc1. The van der Waals surface area contributed by atoms with E-state index >= 15 is 4.39 Å². The summed E-state index contributed by atoms with van der Waals surface area (Å²) in [6.07, 6.45) is -0.407. The predicted octanol–water partition coefficient (Wildman–Crippen LogP) is 3.80. The van der Waals surface area contributed by atoms with Gasteiger partial charge in [-0.05, 0) is 47.6 Å². The molecule has 0 saturated carbocycles. The molecule has 1 fully saturated rings. The molecule has 0 aromatic heterocycles. The van der Waals surface area contributed by atoms with Crippen molar-refractivity contribution in [2.45, 2.75) is 63.1 Å². The minimum absolute atomic E-state index is 0.0729. The van der Waals surface area contributed by atoms with Gasteiger partial charge in [0.1, 0.15) is 17.0 Å². The minimum atomic E-state index is -1.43. The highest BCUT2D eigenvalue weighted by molar-refractivity contribution is 6.30. The van der Waals surface area contributed by atoms with E-state index in [0.717, 1.165) is 0 Å². The topological polar surface area (TPSA) is 105 Å². The Morgan fingerprint density at radius 3 is 2.50 bits per heavy atom. The summed E-state index contributed by atoms with van der Waals surface area (Å²) in [4.78, 5) is 13.5. The zero-order chi connectivity index (χ0) is 26.7. The standard InChI is InChI=1S/C27H32ClF2N3O3/c1-26(2,3)13-21-27(15-31,16-7-9-17(29)10-8-16)22(19-5-4-6-20(28)23(19)30)24(33-21)25(36)32-12-11-18(35)14-34/h4-10,18,21-22,24,33-35H,11-14H2,1-3H3,(H,32,36)/t18-,21-,22-,24+,27-/m0/s1. The second-order valence-corrected chi connectivity index (χ2v) is 10.9. The number of hydrogen-bond acceptors (Lipinski definition) is 5. The molecule has 1 saturated heterocycles. The third-order valence-corrected chi connectivity index (χ3v) is 6.96. The summed E-state index contributed by atoms with van der Waals surface area (Å²) in [6, 6.07) is 10.8. The van der Waals surface area contributed by atoms with Gasteiger partial charge in [0.2, 0.25) is 5.91 Å². The second kappa shape index (κ2) is 11.2. The van der Waals surface area contributed by atoms with Gasteiger partial charge in [-0.3, -0.25) is 4.79 Å². The summed E-state index contributed by atoms with van der Waals surface area (Å²) in [5.74, 6) is -2.69. The maximum absolute atomic E-state index is 15.5. The molecule has 6 nitrogen and oxygen atoms in total. The number of aliphatic hydroxyl groups excluding tert-OH is 2. The summed E-state index contributed by atoms with van der Waals surface area (Å²) >= 11 is 6.12. The third-order valence-electron chi connectivity index (χ3n) is 6.66. The molecule has 4 N–H and O–H groups in total. The van der Waals surface area contributed by atoms with Crippen LogP contribution in [0.3, 0.4) is 0 Å². The molecular weight excluding hydrogens is 488 g/mol. The first-order chi connectivity index (χ1) is 16.9. The molecule has 1 amide bonds. The predicted molar refractivity (Wildman–Crippen MR) is 133 cm³/mol. The number of nitrogens with zero attached hydrogens (tertiary/aromatic N) is 1. The van der Waals surface area contributed by atoms with E-state index in [1.807, 2.05) is 20.8 Å². The molecule has 1 aliphatic rings. The van der Waals surface area contributed by atoms with Crippen LogP contribution in [-0.4, -0.2) is 47.5 Å². The van der Waals surface area contributed by atoms with E-state index in [1.54, 1.807) is 6.07 Å². The van der Waals surface area contributed by atoms with Gasteiger partial charge in [0.15, 0.2) is 0 Å². The van der Waals surface area contributed by atoms with Crippen molar-refractivity contribution in [3.63, 3.8) is 0 Å². The molecule has 1 aliphatic heterocycles. The minimum Gasteiger partial charge on any atom is -0.394 e. The van der Waals surface area contributed by atoms with Crippen molar-refractivity contribution in [1.82, 2.24) is 10.6 Å². The molecule has 0 unspecified atom stereocenters. The van der Waals surface area contributed by atoms with Crippen LogP contribution in [0.5, 0.6) is 0 Å². The van der Waals surface area contributed by atoms with Gasteiger partial charge in [0, 0.05) is 18.5 Å². The number of hydrogen-bond donors (Lipinski definition) is 4. The molecule has 0 aliphatic carbocycles. The van der Waals surface area contributed by atoms with Crippen LogP contribution in [-0.2, 0) is 10.2 Å². The maximum atomic E-state index is 15.5. The fraction of sp³-hybridized carbons (Fsp3) is 0.481. The van der Waals surface area contributed by atoms with E-state index in [2.05, 4.69) is 16.7 Å².